The molecular weight excluding hydrogens is 1080 g/mol. The zero-order chi connectivity index (χ0) is 52.1. The maximum Gasteiger partial charge on any atom is 0.444 e. The van der Waals surface area contributed by atoms with E-state index in [0.29, 0.717) is 0 Å². The molecule has 378 valence electrons. The standard InChI is InChI=1S/C40H34Cl2N10O16S4/c1-43-23-11-9-21-31(35(23)71(59,60)65-4)67-33-27(41)30-34(28(42)29(33)46-21)68-32-22(47-30)10-12-24(36(32)72(61,62)66-5)44-14-15-45-38-49-39(51-40(50-38)52-16-6-7-19(18-52)37(53)54)48-25-17-20(69(55,56)63-2)8-13-26(25)70(57,58)64-3/h6-13,16-18H,14-15H2,1-5H3,(H4-,43,44,45,46,47,48,49,50,51,53,54)/p+1. The normalized spacial score (nSPS) is 13.0. The molecule has 0 bridgehead atoms. The Labute approximate surface area is 418 Å². The predicted octanol–water partition coefficient (Wildman–Crippen LogP) is 4.39. The van der Waals surface area contributed by atoms with Crippen LogP contribution < -0.4 is 35.9 Å². The second-order valence-electron chi connectivity index (χ2n) is 14.4. The molecule has 3 aromatic carbocycles. The summed E-state index contributed by atoms with van der Waals surface area (Å²) in [5.41, 5.74) is -0.601. The Balaban J connectivity index is 1.18. The van der Waals surface area contributed by atoms with Crippen LogP contribution in [0.15, 0.2) is 96.0 Å². The van der Waals surface area contributed by atoms with Crippen molar-refractivity contribution in [2.75, 3.05) is 69.8 Å². The molecule has 2 aromatic heterocycles. The number of benzene rings is 4. The molecule has 72 heavy (non-hydrogen) atoms. The van der Waals surface area contributed by atoms with Gasteiger partial charge in [-0.2, -0.15) is 33.7 Å². The molecular formula is C40H35Cl2N10O16S4+. The Kier molecular flexibility index (Phi) is 14.0. The third kappa shape index (κ3) is 9.62. The van der Waals surface area contributed by atoms with Crippen molar-refractivity contribution in [1.82, 2.24) is 19.9 Å². The first-order valence-corrected chi connectivity index (χ1v) is 26.4. The molecule has 5 aromatic rings. The van der Waals surface area contributed by atoms with Crippen molar-refractivity contribution < 1.29 is 74.0 Å². The summed E-state index contributed by atoms with van der Waals surface area (Å²) in [6, 6.07) is 11.2. The molecule has 1 aliphatic carbocycles. The van der Waals surface area contributed by atoms with E-state index in [1.54, 1.807) is 0 Å². The molecule has 0 spiro atoms. The Hall–Kier alpha value is -6.87. The van der Waals surface area contributed by atoms with Gasteiger partial charge in [0.05, 0.1) is 80.3 Å². The summed E-state index contributed by atoms with van der Waals surface area (Å²) in [5.74, 6) is -2.75. The van der Waals surface area contributed by atoms with Gasteiger partial charge in [-0.05, 0) is 64.6 Å². The van der Waals surface area contributed by atoms with Crippen LogP contribution in [0.1, 0.15) is 10.4 Å². The number of rotatable bonds is 17. The molecule has 0 radical (unpaired) electrons. The van der Waals surface area contributed by atoms with E-state index in [9.17, 15) is 43.6 Å². The van der Waals surface area contributed by atoms with Crippen LogP contribution in [0.5, 0.6) is 11.5 Å². The molecule has 0 fully saturated rings. The zero-order valence-electron chi connectivity index (χ0n) is 37.4. The number of hydrogen-bond acceptors (Lipinski definition) is 24. The molecule has 5 N–H and O–H groups in total. The highest BCUT2D eigenvalue weighted by Crippen LogP contribution is 2.55. The maximum atomic E-state index is 13.7. The minimum Gasteiger partial charge on any atom is -0.478 e. The summed E-state index contributed by atoms with van der Waals surface area (Å²) in [5, 5.41) is 20.5. The van der Waals surface area contributed by atoms with Gasteiger partial charge < -0.3 is 35.5 Å². The summed E-state index contributed by atoms with van der Waals surface area (Å²) in [6.45, 7) is -0.358. The lowest BCUT2D eigenvalue weighted by Gasteiger charge is -2.27. The van der Waals surface area contributed by atoms with Gasteiger partial charge in [-0.15, -0.1) is 4.98 Å². The lowest BCUT2D eigenvalue weighted by atomic mass is 10.1. The van der Waals surface area contributed by atoms with Crippen molar-refractivity contribution in [3.63, 3.8) is 0 Å². The SMILES string of the molecule is CNc1ccc2c(c1S(=O)(=O)OC)Oc1c(c(Cl)c3oc4c(S(=O)(=O)OC)c(=NCCNc5nc(Nc6cc(S(=O)(=O)OC)ccc6S(=O)(=O)OC)nc(-[n+]6cccc(C(=O)O)c6)n5)ccc-4nc3c1Cl)N2. The van der Waals surface area contributed by atoms with Crippen molar-refractivity contribution in [2.24, 2.45) is 4.99 Å². The summed E-state index contributed by atoms with van der Waals surface area (Å²) >= 11 is 13.8. The van der Waals surface area contributed by atoms with E-state index >= 15 is 0 Å². The van der Waals surface area contributed by atoms with E-state index in [4.69, 9.17) is 40.7 Å². The van der Waals surface area contributed by atoms with Crippen molar-refractivity contribution in [1.29, 1.82) is 0 Å². The average Bonchev–Trinajstić information content (AvgIpc) is 3.37. The van der Waals surface area contributed by atoms with Crippen LogP contribution in [0.25, 0.3) is 28.5 Å². The molecule has 0 unspecified atom stereocenters. The molecule has 26 nitrogen and oxygen atoms in total. The number of nitrogens with zero attached hydrogens (tertiary/aromatic N) is 6. The average molecular weight is 1110 g/mol. The highest BCUT2D eigenvalue weighted by Gasteiger charge is 2.36. The summed E-state index contributed by atoms with van der Waals surface area (Å²) in [6.07, 6.45) is 2.59. The fraction of sp³-hybridized carbons (Fsp3) is 0.175. The number of ether oxygens (including phenoxy) is 1. The number of fused-ring (bicyclic) bond motifs is 4. The first-order valence-electron chi connectivity index (χ1n) is 20.0. The molecule has 8 rings (SSSR count). The van der Waals surface area contributed by atoms with Crippen molar-refractivity contribution in [3.05, 3.63) is 88.0 Å². The number of carboxylic acids is 1. The van der Waals surface area contributed by atoms with Crippen LogP contribution in [0.4, 0.5) is 34.6 Å². The molecule has 3 aliphatic rings. The van der Waals surface area contributed by atoms with Crippen LogP contribution in [0.2, 0.25) is 10.0 Å². The fourth-order valence-electron chi connectivity index (χ4n) is 6.93. The van der Waals surface area contributed by atoms with E-state index in [1.807, 2.05) is 0 Å². The van der Waals surface area contributed by atoms with Gasteiger partial charge in [-0.3, -0.25) is 21.7 Å². The number of carbonyl (C=O) groups is 1. The van der Waals surface area contributed by atoms with Gasteiger partial charge in [0.25, 0.3) is 20.2 Å². The zero-order valence-corrected chi connectivity index (χ0v) is 42.2. The van der Waals surface area contributed by atoms with Gasteiger partial charge in [0.15, 0.2) is 32.6 Å². The molecule has 0 saturated heterocycles. The Morgan fingerprint density at radius 2 is 1.49 bits per heavy atom. The monoisotopic (exact) mass is 1110 g/mol. The molecule has 0 saturated carbocycles. The minimum atomic E-state index is -4.66. The number of halogens is 2. The topological polar surface area (TPSA) is 349 Å². The maximum absolute atomic E-state index is 13.7. The first-order chi connectivity index (χ1) is 34.1. The van der Waals surface area contributed by atoms with Crippen LogP contribution in [-0.2, 0) is 57.2 Å². The second-order valence-corrected chi connectivity index (χ2v) is 21.9. The summed E-state index contributed by atoms with van der Waals surface area (Å²) in [7, 11) is -12.7. The van der Waals surface area contributed by atoms with Gasteiger partial charge in [-0.1, -0.05) is 23.2 Å². The first kappa shape index (κ1) is 51.5. The molecule has 4 heterocycles. The lowest BCUT2D eigenvalue weighted by Crippen LogP contribution is -2.34. The highest BCUT2D eigenvalue weighted by atomic mass is 35.5. The van der Waals surface area contributed by atoms with Crippen LogP contribution in [0.3, 0.4) is 0 Å². The van der Waals surface area contributed by atoms with E-state index in [1.165, 1.54) is 60.4 Å². The number of aromatic carboxylic acids is 1. The number of pyridine rings is 1. The fourth-order valence-corrected chi connectivity index (χ4v) is 10.9. The minimum absolute atomic E-state index is 0.0217. The van der Waals surface area contributed by atoms with Gasteiger partial charge in [-0.25, -0.2) is 14.3 Å². The van der Waals surface area contributed by atoms with Crippen molar-refractivity contribution in [3.8, 4) is 28.9 Å². The van der Waals surface area contributed by atoms with E-state index < -0.39 is 61.1 Å². The Morgan fingerprint density at radius 1 is 0.792 bits per heavy atom. The van der Waals surface area contributed by atoms with E-state index in [0.717, 1.165) is 46.6 Å². The van der Waals surface area contributed by atoms with E-state index in [-0.39, 0.29) is 114 Å². The largest absolute Gasteiger partial charge is 0.478 e. The van der Waals surface area contributed by atoms with Crippen LogP contribution in [0, 0.1) is 0 Å². The number of carboxylic acid groups (broad SMARTS) is 1. The van der Waals surface area contributed by atoms with Gasteiger partial charge in [0, 0.05) is 13.6 Å². The molecule has 32 heteroatoms. The third-order valence-corrected chi connectivity index (χ3v) is 16.3. The van der Waals surface area contributed by atoms with Crippen LogP contribution >= 0.6 is 23.2 Å². The van der Waals surface area contributed by atoms with Gasteiger partial charge in [0.2, 0.25) is 0 Å². The number of anilines is 6. The Bertz CT molecular complexity index is 3900. The summed E-state index contributed by atoms with van der Waals surface area (Å²) in [4.78, 5) is 31.9. The third-order valence-electron chi connectivity index (χ3n) is 10.3. The van der Waals surface area contributed by atoms with Crippen molar-refractivity contribution in [2.45, 2.75) is 19.6 Å². The smallest absolute Gasteiger partial charge is 0.444 e. The Morgan fingerprint density at radius 3 is 2.17 bits per heavy atom. The summed E-state index contributed by atoms with van der Waals surface area (Å²) < 4.78 is 137. The van der Waals surface area contributed by atoms with Gasteiger partial charge in [0.1, 0.15) is 31.8 Å². The molecule has 0 atom stereocenters. The van der Waals surface area contributed by atoms with Crippen LogP contribution in [-0.4, -0.2) is 113 Å². The molecule has 2 aliphatic heterocycles. The quantitative estimate of drug-likeness (QED) is 0.0365. The van der Waals surface area contributed by atoms with Gasteiger partial charge >= 0.3 is 44.1 Å². The van der Waals surface area contributed by atoms with Crippen molar-refractivity contribution >= 4 is 115 Å². The van der Waals surface area contributed by atoms with E-state index in [2.05, 4.69) is 54.6 Å². The predicted molar refractivity (Wildman–Crippen MR) is 254 cm³/mol. The second kappa shape index (κ2) is 19.6. The number of aromatic nitrogens is 5. The highest BCUT2D eigenvalue weighted by molar-refractivity contribution is 7.87. The molecule has 0 amide bonds. The lowest BCUT2D eigenvalue weighted by molar-refractivity contribution is -0.603. The number of hydrogen-bond donors (Lipinski definition) is 5. The number of nitrogens with one attached hydrogen (secondary N) is 4.